The van der Waals surface area contributed by atoms with Crippen LogP contribution in [0, 0.1) is 0 Å². The molecule has 1 heterocycles. The first kappa shape index (κ1) is 8.73. The van der Waals surface area contributed by atoms with Crippen molar-refractivity contribution in [3.05, 3.63) is 16.8 Å². The largest absolute Gasteiger partial charge is 0.478 e. The molecule has 0 atom stereocenters. The van der Waals surface area contributed by atoms with Gasteiger partial charge in [0.15, 0.2) is 11.0 Å². The quantitative estimate of drug-likeness (QED) is 0.719. The molecule has 0 spiro atoms. The van der Waals surface area contributed by atoms with Crippen LogP contribution < -0.4 is 5.32 Å². The summed E-state index contributed by atoms with van der Waals surface area (Å²) in [5, 5.41) is 18.3. The summed E-state index contributed by atoms with van der Waals surface area (Å²) in [4.78, 5) is 10.6. The van der Waals surface area contributed by atoms with Crippen molar-refractivity contribution in [2.24, 2.45) is 0 Å². The zero-order valence-corrected chi connectivity index (χ0v) is 6.96. The first-order valence-corrected chi connectivity index (χ1v) is 3.47. The lowest BCUT2D eigenvalue weighted by atomic mass is 10.3. The molecule has 0 aliphatic rings. The molecule has 0 saturated heterocycles. The minimum absolute atomic E-state index is 0.0116. The summed E-state index contributed by atoms with van der Waals surface area (Å²) >= 11 is 5.45. The van der Waals surface area contributed by atoms with E-state index in [-0.39, 0.29) is 16.5 Å². The highest BCUT2D eigenvalue weighted by molar-refractivity contribution is 6.29. The number of rotatable bonds is 2. The summed E-state index contributed by atoms with van der Waals surface area (Å²) < 4.78 is 0. The number of carboxylic acid groups (broad SMARTS) is 1. The second kappa shape index (κ2) is 3.36. The molecular formula is C6H6ClN3O2. The van der Waals surface area contributed by atoms with Gasteiger partial charge in [-0.2, -0.15) is 0 Å². The fraction of sp³-hybridized carbons (Fsp3) is 0.167. The summed E-state index contributed by atoms with van der Waals surface area (Å²) in [6.45, 7) is 0. The van der Waals surface area contributed by atoms with E-state index in [0.717, 1.165) is 0 Å². The van der Waals surface area contributed by atoms with Crippen LogP contribution in [-0.4, -0.2) is 28.3 Å². The van der Waals surface area contributed by atoms with Gasteiger partial charge in [-0.3, -0.25) is 0 Å². The standard InChI is InChI=1S/C6H6ClN3O2/c1-8-5-3(6(11)12)2-4(7)9-10-5/h2H,1H3,(H,8,10)(H,11,12). The Labute approximate surface area is 73.4 Å². The monoisotopic (exact) mass is 187 g/mol. The van der Waals surface area contributed by atoms with E-state index in [4.69, 9.17) is 16.7 Å². The number of halogens is 1. The third-order valence-corrected chi connectivity index (χ3v) is 1.42. The van der Waals surface area contributed by atoms with Gasteiger partial charge < -0.3 is 10.4 Å². The van der Waals surface area contributed by atoms with E-state index < -0.39 is 5.97 Å². The molecule has 1 rings (SSSR count). The minimum atomic E-state index is -1.09. The molecule has 0 amide bonds. The maximum absolute atomic E-state index is 10.6. The van der Waals surface area contributed by atoms with Crippen LogP contribution in [0.4, 0.5) is 5.82 Å². The summed E-state index contributed by atoms with van der Waals surface area (Å²) in [5.74, 6) is -0.886. The highest BCUT2D eigenvalue weighted by Crippen LogP contribution is 2.13. The van der Waals surface area contributed by atoms with E-state index in [9.17, 15) is 4.79 Å². The molecule has 1 aromatic heterocycles. The number of carbonyl (C=O) groups is 1. The Balaban J connectivity index is 3.21. The van der Waals surface area contributed by atoms with Gasteiger partial charge in [-0.15, -0.1) is 10.2 Å². The smallest absolute Gasteiger partial charge is 0.339 e. The summed E-state index contributed by atoms with van der Waals surface area (Å²) in [7, 11) is 1.56. The third kappa shape index (κ3) is 1.62. The molecule has 0 radical (unpaired) electrons. The molecule has 0 saturated carbocycles. The van der Waals surface area contributed by atoms with Crippen LogP contribution in [0.5, 0.6) is 0 Å². The lowest BCUT2D eigenvalue weighted by molar-refractivity contribution is 0.0697. The molecule has 6 heteroatoms. The van der Waals surface area contributed by atoms with Crippen LogP contribution in [0.1, 0.15) is 10.4 Å². The van der Waals surface area contributed by atoms with Crippen LogP contribution >= 0.6 is 11.6 Å². The number of nitrogens with zero attached hydrogens (tertiary/aromatic N) is 2. The molecule has 2 N–H and O–H groups in total. The van der Waals surface area contributed by atoms with Gasteiger partial charge >= 0.3 is 5.97 Å². The lowest BCUT2D eigenvalue weighted by Gasteiger charge is -2.01. The molecule has 64 valence electrons. The Kier molecular flexibility index (Phi) is 2.44. The summed E-state index contributed by atoms with van der Waals surface area (Å²) in [6.07, 6.45) is 0. The van der Waals surface area contributed by atoms with Crippen molar-refractivity contribution < 1.29 is 9.90 Å². The van der Waals surface area contributed by atoms with Crippen molar-refractivity contribution in [1.29, 1.82) is 0 Å². The SMILES string of the molecule is CNc1nnc(Cl)cc1C(=O)O. The topological polar surface area (TPSA) is 75.1 Å². The fourth-order valence-electron chi connectivity index (χ4n) is 0.716. The highest BCUT2D eigenvalue weighted by atomic mass is 35.5. The first-order chi connectivity index (χ1) is 5.65. The van der Waals surface area contributed by atoms with Crippen molar-refractivity contribution >= 4 is 23.4 Å². The molecule has 0 unspecified atom stereocenters. The van der Waals surface area contributed by atoms with Gasteiger partial charge in [0.1, 0.15) is 5.56 Å². The maximum atomic E-state index is 10.6. The normalized spacial score (nSPS) is 9.50. The highest BCUT2D eigenvalue weighted by Gasteiger charge is 2.11. The van der Waals surface area contributed by atoms with E-state index in [2.05, 4.69) is 15.5 Å². The predicted molar refractivity (Wildman–Crippen MR) is 43.5 cm³/mol. The van der Waals surface area contributed by atoms with Crippen LogP contribution in [0.3, 0.4) is 0 Å². The molecule has 0 bridgehead atoms. The fourth-order valence-corrected chi connectivity index (χ4v) is 0.863. The van der Waals surface area contributed by atoms with Crippen molar-refractivity contribution in [3.8, 4) is 0 Å². The number of hydrogen-bond donors (Lipinski definition) is 2. The Bertz CT molecular complexity index is 316. The van der Waals surface area contributed by atoms with Gasteiger partial charge in [-0.05, 0) is 6.07 Å². The lowest BCUT2D eigenvalue weighted by Crippen LogP contribution is -2.05. The van der Waals surface area contributed by atoms with Gasteiger partial charge in [-0.1, -0.05) is 11.6 Å². The number of aromatic nitrogens is 2. The molecular weight excluding hydrogens is 182 g/mol. The van der Waals surface area contributed by atoms with Gasteiger partial charge in [0.25, 0.3) is 0 Å². The second-order valence-corrected chi connectivity index (χ2v) is 2.37. The number of aromatic carboxylic acids is 1. The zero-order chi connectivity index (χ0) is 9.14. The Morgan fingerprint density at radius 2 is 2.33 bits per heavy atom. The average molecular weight is 188 g/mol. The molecule has 0 aromatic carbocycles. The van der Waals surface area contributed by atoms with Crippen molar-refractivity contribution in [1.82, 2.24) is 10.2 Å². The van der Waals surface area contributed by atoms with Crippen molar-refractivity contribution in [2.45, 2.75) is 0 Å². The number of carboxylic acids is 1. The maximum Gasteiger partial charge on any atom is 0.339 e. The number of anilines is 1. The zero-order valence-electron chi connectivity index (χ0n) is 6.21. The van der Waals surface area contributed by atoms with Gasteiger partial charge in [0.05, 0.1) is 0 Å². The summed E-state index contributed by atoms with van der Waals surface area (Å²) in [6, 6.07) is 1.24. The van der Waals surface area contributed by atoms with Gasteiger partial charge in [0.2, 0.25) is 0 Å². The Morgan fingerprint density at radius 1 is 1.67 bits per heavy atom. The van der Waals surface area contributed by atoms with E-state index in [0.29, 0.717) is 0 Å². The van der Waals surface area contributed by atoms with Gasteiger partial charge in [-0.25, -0.2) is 4.79 Å². The van der Waals surface area contributed by atoms with E-state index in [1.54, 1.807) is 7.05 Å². The van der Waals surface area contributed by atoms with Crippen molar-refractivity contribution in [3.63, 3.8) is 0 Å². The van der Waals surface area contributed by atoms with E-state index in [1.807, 2.05) is 0 Å². The van der Waals surface area contributed by atoms with Crippen LogP contribution in [-0.2, 0) is 0 Å². The minimum Gasteiger partial charge on any atom is -0.478 e. The third-order valence-electron chi connectivity index (χ3n) is 1.23. The molecule has 0 aliphatic carbocycles. The predicted octanol–water partition coefficient (Wildman–Crippen LogP) is 0.870. The first-order valence-electron chi connectivity index (χ1n) is 3.09. The Hall–Kier alpha value is -1.36. The summed E-state index contributed by atoms with van der Waals surface area (Å²) in [5.41, 5.74) is 0.0116. The molecule has 0 fully saturated rings. The average Bonchev–Trinajstić information content (AvgIpc) is 2.04. The van der Waals surface area contributed by atoms with E-state index in [1.165, 1.54) is 6.07 Å². The van der Waals surface area contributed by atoms with Crippen LogP contribution in [0.25, 0.3) is 0 Å². The molecule has 1 aromatic rings. The molecule has 5 nitrogen and oxygen atoms in total. The van der Waals surface area contributed by atoms with E-state index >= 15 is 0 Å². The van der Waals surface area contributed by atoms with Crippen LogP contribution in [0.15, 0.2) is 6.07 Å². The van der Waals surface area contributed by atoms with Crippen molar-refractivity contribution in [2.75, 3.05) is 12.4 Å². The van der Waals surface area contributed by atoms with Crippen LogP contribution in [0.2, 0.25) is 5.15 Å². The van der Waals surface area contributed by atoms with Gasteiger partial charge in [0, 0.05) is 7.05 Å². The second-order valence-electron chi connectivity index (χ2n) is 1.98. The molecule has 0 aliphatic heterocycles. The molecule has 12 heavy (non-hydrogen) atoms. The number of nitrogens with one attached hydrogen (secondary N) is 1. The number of hydrogen-bond acceptors (Lipinski definition) is 4. The Morgan fingerprint density at radius 3 is 2.83 bits per heavy atom.